The number of alkyl halides is 3. The fourth-order valence-electron chi connectivity index (χ4n) is 3.45. The van der Waals surface area contributed by atoms with Gasteiger partial charge in [-0.2, -0.15) is 13.2 Å². The third-order valence-corrected chi connectivity index (χ3v) is 4.46. The van der Waals surface area contributed by atoms with Crippen molar-refractivity contribution in [2.75, 3.05) is 25.0 Å². The summed E-state index contributed by atoms with van der Waals surface area (Å²) in [6.45, 7) is 0.989. The van der Waals surface area contributed by atoms with Crippen molar-refractivity contribution in [2.24, 2.45) is 0 Å². The van der Waals surface area contributed by atoms with Crippen LogP contribution in [0.4, 0.5) is 18.9 Å². The second kappa shape index (κ2) is 6.36. The zero-order valence-corrected chi connectivity index (χ0v) is 12.4. The van der Waals surface area contributed by atoms with Crippen molar-refractivity contribution in [1.29, 1.82) is 0 Å². The molecule has 2 aliphatic rings. The van der Waals surface area contributed by atoms with Crippen LogP contribution in [0.25, 0.3) is 0 Å². The summed E-state index contributed by atoms with van der Waals surface area (Å²) in [6.07, 6.45) is 0.229. The third kappa shape index (κ3) is 3.85. The van der Waals surface area contributed by atoms with Crippen LogP contribution in [-0.2, 0) is 0 Å². The summed E-state index contributed by atoms with van der Waals surface area (Å²) in [7, 11) is 0. The minimum Gasteiger partial charge on any atom is -0.482 e. The highest BCUT2D eigenvalue weighted by molar-refractivity contribution is 5.56. The molecule has 0 aliphatic carbocycles. The van der Waals surface area contributed by atoms with E-state index in [1.807, 2.05) is 6.07 Å². The molecule has 2 atom stereocenters. The largest absolute Gasteiger partial charge is 0.482 e. The predicted octanol–water partition coefficient (Wildman–Crippen LogP) is 3.67. The second-order valence-corrected chi connectivity index (χ2v) is 6.10. The fourth-order valence-corrected chi connectivity index (χ4v) is 3.45. The van der Waals surface area contributed by atoms with Gasteiger partial charge in [0, 0.05) is 18.6 Å². The van der Waals surface area contributed by atoms with Gasteiger partial charge in [-0.05, 0) is 44.4 Å². The molecule has 1 aromatic rings. The van der Waals surface area contributed by atoms with Gasteiger partial charge in [-0.25, -0.2) is 0 Å². The molecule has 6 heteroatoms. The van der Waals surface area contributed by atoms with Gasteiger partial charge < -0.3 is 15.0 Å². The number of anilines is 1. The first kappa shape index (κ1) is 15.5. The van der Waals surface area contributed by atoms with E-state index in [1.165, 1.54) is 19.4 Å². The van der Waals surface area contributed by atoms with E-state index in [0.29, 0.717) is 17.8 Å². The summed E-state index contributed by atoms with van der Waals surface area (Å²) in [5.74, 6) is 0.272. The van der Waals surface area contributed by atoms with Crippen LogP contribution < -0.4 is 10.1 Å². The monoisotopic (exact) mass is 314 g/mol. The molecule has 2 aliphatic heterocycles. The van der Waals surface area contributed by atoms with Crippen molar-refractivity contribution in [3.05, 3.63) is 24.3 Å². The third-order valence-electron chi connectivity index (χ3n) is 4.46. The summed E-state index contributed by atoms with van der Waals surface area (Å²) in [5, 5.41) is 3.38. The molecule has 3 nitrogen and oxygen atoms in total. The molecule has 2 saturated heterocycles. The lowest BCUT2D eigenvalue weighted by Gasteiger charge is -2.35. The molecule has 0 spiro atoms. The van der Waals surface area contributed by atoms with E-state index < -0.39 is 12.8 Å². The Kier molecular flexibility index (Phi) is 4.47. The Bertz CT molecular complexity index is 506. The first-order valence-electron chi connectivity index (χ1n) is 7.80. The SMILES string of the molecule is FC(F)(F)COc1ccccc1NC1CCN2CCCC2C1. The normalized spacial score (nSPS) is 25.8. The zero-order chi connectivity index (χ0) is 15.6. The van der Waals surface area contributed by atoms with Gasteiger partial charge in [-0.3, -0.25) is 0 Å². The Labute approximate surface area is 128 Å². The Morgan fingerprint density at radius 2 is 2.00 bits per heavy atom. The van der Waals surface area contributed by atoms with Crippen LogP contribution in [0.1, 0.15) is 25.7 Å². The minimum absolute atomic E-state index is 0.272. The van der Waals surface area contributed by atoms with Gasteiger partial charge in [0.05, 0.1) is 5.69 Å². The molecule has 22 heavy (non-hydrogen) atoms. The average molecular weight is 314 g/mol. The van der Waals surface area contributed by atoms with E-state index in [-0.39, 0.29) is 5.75 Å². The number of hydrogen-bond acceptors (Lipinski definition) is 3. The highest BCUT2D eigenvalue weighted by Crippen LogP contribution is 2.32. The lowest BCUT2D eigenvalue weighted by molar-refractivity contribution is -0.153. The van der Waals surface area contributed by atoms with Gasteiger partial charge in [0.1, 0.15) is 5.75 Å². The maximum Gasteiger partial charge on any atom is 0.422 e. The molecule has 3 rings (SSSR count). The minimum atomic E-state index is -4.32. The molecule has 2 unspecified atom stereocenters. The maximum atomic E-state index is 12.3. The molecule has 0 amide bonds. The molecule has 1 aromatic carbocycles. The number of rotatable bonds is 4. The fraction of sp³-hybridized carbons (Fsp3) is 0.625. The second-order valence-electron chi connectivity index (χ2n) is 6.10. The van der Waals surface area contributed by atoms with Crippen molar-refractivity contribution < 1.29 is 17.9 Å². The molecule has 0 aromatic heterocycles. The average Bonchev–Trinajstić information content (AvgIpc) is 2.93. The molecule has 1 N–H and O–H groups in total. The number of para-hydroxylation sites is 2. The van der Waals surface area contributed by atoms with Crippen LogP contribution in [-0.4, -0.2) is 42.9 Å². The number of nitrogens with one attached hydrogen (secondary N) is 1. The smallest absolute Gasteiger partial charge is 0.422 e. The molecular weight excluding hydrogens is 293 g/mol. The number of benzene rings is 1. The number of fused-ring (bicyclic) bond motifs is 1. The number of ether oxygens (including phenoxy) is 1. The first-order valence-corrected chi connectivity index (χ1v) is 7.80. The number of nitrogens with zero attached hydrogens (tertiary/aromatic N) is 1. The van der Waals surface area contributed by atoms with Gasteiger partial charge in [-0.15, -0.1) is 0 Å². The summed E-state index contributed by atoms with van der Waals surface area (Å²) in [5.41, 5.74) is 0.656. The Hall–Kier alpha value is -1.43. The summed E-state index contributed by atoms with van der Waals surface area (Å²) in [4.78, 5) is 2.52. The Balaban J connectivity index is 1.62. The van der Waals surface area contributed by atoms with E-state index in [1.54, 1.807) is 18.2 Å². The molecule has 0 bridgehead atoms. The topological polar surface area (TPSA) is 24.5 Å². The predicted molar refractivity (Wildman–Crippen MR) is 79.2 cm³/mol. The van der Waals surface area contributed by atoms with Crippen LogP contribution in [0.2, 0.25) is 0 Å². The van der Waals surface area contributed by atoms with E-state index in [2.05, 4.69) is 10.2 Å². The van der Waals surface area contributed by atoms with Crippen LogP contribution in [0, 0.1) is 0 Å². The Morgan fingerprint density at radius 1 is 1.18 bits per heavy atom. The molecular formula is C16H21F3N2O. The lowest BCUT2D eigenvalue weighted by atomic mass is 9.97. The highest BCUT2D eigenvalue weighted by atomic mass is 19.4. The first-order chi connectivity index (χ1) is 10.5. The quantitative estimate of drug-likeness (QED) is 0.918. The van der Waals surface area contributed by atoms with E-state index in [0.717, 1.165) is 19.4 Å². The number of piperidine rings is 1. The van der Waals surface area contributed by atoms with Gasteiger partial charge in [0.15, 0.2) is 6.61 Å². The summed E-state index contributed by atoms with van der Waals surface area (Å²) >= 11 is 0. The van der Waals surface area contributed by atoms with Gasteiger partial charge in [0.2, 0.25) is 0 Å². The van der Waals surface area contributed by atoms with E-state index in [4.69, 9.17) is 4.74 Å². The molecule has 0 saturated carbocycles. The number of hydrogen-bond donors (Lipinski definition) is 1. The standard InChI is InChI=1S/C16H21F3N2O/c17-16(18,19)11-22-15-6-2-1-5-14(15)20-12-7-9-21-8-3-4-13(21)10-12/h1-2,5-6,12-13,20H,3-4,7-11H2. The van der Waals surface area contributed by atoms with Gasteiger partial charge in [-0.1, -0.05) is 12.1 Å². The molecule has 122 valence electrons. The zero-order valence-electron chi connectivity index (χ0n) is 12.4. The van der Waals surface area contributed by atoms with Gasteiger partial charge in [0.25, 0.3) is 0 Å². The maximum absolute atomic E-state index is 12.3. The highest BCUT2D eigenvalue weighted by Gasteiger charge is 2.32. The van der Waals surface area contributed by atoms with Crippen molar-refractivity contribution in [3.8, 4) is 5.75 Å². The van der Waals surface area contributed by atoms with Gasteiger partial charge >= 0.3 is 6.18 Å². The van der Waals surface area contributed by atoms with E-state index >= 15 is 0 Å². The molecule has 0 radical (unpaired) electrons. The van der Waals surface area contributed by atoms with Crippen LogP contribution in [0.5, 0.6) is 5.75 Å². The van der Waals surface area contributed by atoms with Crippen LogP contribution >= 0.6 is 0 Å². The summed E-state index contributed by atoms with van der Waals surface area (Å²) in [6, 6.07) is 7.79. The van der Waals surface area contributed by atoms with Crippen molar-refractivity contribution >= 4 is 5.69 Å². The lowest BCUT2D eigenvalue weighted by Crippen LogP contribution is -2.42. The van der Waals surface area contributed by atoms with Crippen molar-refractivity contribution in [1.82, 2.24) is 4.90 Å². The van der Waals surface area contributed by atoms with Crippen molar-refractivity contribution in [2.45, 2.75) is 43.9 Å². The molecule has 2 heterocycles. The van der Waals surface area contributed by atoms with Crippen molar-refractivity contribution in [3.63, 3.8) is 0 Å². The number of halogens is 3. The van der Waals surface area contributed by atoms with E-state index in [9.17, 15) is 13.2 Å². The Morgan fingerprint density at radius 3 is 2.82 bits per heavy atom. The van der Waals surface area contributed by atoms with Crippen LogP contribution in [0.3, 0.4) is 0 Å². The summed E-state index contributed by atoms with van der Waals surface area (Å²) < 4.78 is 41.9. The van der Waals surface area contributed by atoms with Crippen LogP contribution in [0.15, 0.2) is 24.3 Å². The molecule has 2 fully saturated rings.